The predicted octanol–water partition coefficient (Wildman–Crippen LogP) is 3.87. The van der Waals surface area contributed by atoms with E-state index in [-0.39, 0.29) is 0 Å². The zero-order valence-electron chi connectivity index (χ0n) is 11.5. The lowest BCUT2D eigenvalue weighted by Gasteiger charge is -2.21. The smallest absolute Gasteiger partial charge is 0.292 e. The third-order valence-electron chi connectivity index (χ3n) is 2.32. The van der Waals surface area contributed by atoms with Crippen molar-refractivity contribution in [3.05, 3.63) is 35.4 Å². The van der Waals surface area contributed by atoms with Crippen LogP contribution in [0.25, 0.3) is 0 Å². The van der Waals surface area contributed by atoms with E-state index in [1.54, 1.807) is 20.8 Å². The van der Waals surface area contributed by atoms with E-state index in [9.17, 15) is 22.1 Å². The number of hydrogen-bond acceptors (Lipinski definition) is 2. The molecule has 1 aromatic carbocycles. The molecule has 1 rings (SSSR count). The van der Waals surface area contributed by atoms with E-state index < -0.39 is 44.9 Å². The van der Waals surface area contributed by atoms with E-state index in [1.807, 2.05) is 0 Å². The van der Waals surface area contributed by atoms with Crippen LogP contribution in [0.3, 0.4) is 0 Å². The Bertz CT molecular complexity index is 520. The Morgan fingerprint density at radius 2 is 1.70 bits per heavy atom. The Balaban J connectivity index is 3.42. The van der Waals surface area contributed by atoms with E-state index in [0.29, 0.717) is 6.92 Å². The third-order valence-corrected chi connectivity index (χ3v) is 3.72. The van der Waals surface area contributed by atoms with Gasteiger partial charge in [0.15, 0.2) is 17.3 Å². The van der Waals surface area contributed by atoms with Crippen LogP contribution in [-0.4, -0.2) is 20.9 Å². The van der Waals surface area contributed by atoms with Crippen LogP contribution in [0, 0.1) is 11.6 Å². The zero-order chi connectivity index (χ0) is 15.7. The number of rotatable bonds is 3. The fourth-order valence-electron chi connectivity index (χ4n) is 1.27. The summed E-state index contributed by atoms with van der Waals surface area (Å²) in [5, 5.41) is 0. The first-order chi connectivity index (χ1) is 8.94. The highest BCUT2D eigenvalue weighted by Gasteiger charge is 2.38. The summed E-state index contributed by atoms with van der Waals surface area (Å²) in [6.07, 6.45) is 0. The van der Waals surface area contributed by atoms with Gasteiger partial charge in [0.25, 0.3) is 5.92 Å². The molecular formula is C13H15F4NOS. The van der Waals surface area contributed by atoms with Crippen molar-refractivity contribution in [1.29, 1.82) is 0 Å². The van der Waals surface area contributed by atoms with Crippen molar-refractivity contribution >= 4 is 17.1 Å². The molecule has 0 saturated heterocycles. The van der Waals surface area contributed by atoms with Crippen molar-refractivity contribution in [2.45, 2.75) is 38.4 Å². The molecule has 0 aliphatic carbocycles. The average molecular weight is 309 g/mol. The second-order valence-corrected chi connectivity index (χ2v) is 7.20. The van der Waals surface area contributed by atoms with Gasteiger partial charge in [-0.25, -0.2) is 8.78 Å². The van der Waals surface area contributed by atoms with Crippen molar-refractivity contribution in [2.24, 2.45) is 4.40 Å². The number of nitrogens with zero attached hydrogens (tertiary/aromatic N) is 1. The summed E-state index contributed by atoms with van der Waals surface area (Å²) in [5.74, 6) is -6.24. The van der Waals surface area contributed by atoms with Crippen molar-refractivity contribution in [3.8, 4) is 0 Å². The zero-order valence-corrected chi connectivity index (χ0v) is 12.3. The maximum atomic E-state index is 13.6. The fourth-order valence-corrected chi connectivity index (χ4v) is 1.97. The van der Waals surface area contributed by atoms with Gasteiger partial charge in [-0.15, -0.1) is 0 Å². The second-order valence-electron chi connectivity index (χ2n) is 5.29. The lowest BCUT2D eigenvalue weighted by atomic mass is 10.1. The molecule has 0 aliphatic rings. The van der Waals surface area contributed by atoms with Crippen LogP contribution >= 0.6 is 0 Å². The summed E-state index contributed by atoms with van der Waals surface area (Å²) in [5.41, 5.74) is -1.71. The number of halogens is 4. The maximum absolute atomic E-state index is 13.6. The topological polar surface area (TPSA) is 35.4 Å². The van der Waals surface area contributed by atoms with Gasteiger partial charge in [0.1, 0.15) is 16.1 Å². The van der Waals surface area contributed by atoms with Gasteiger partial charge < -0.3 is 4.55 Å². The molecule has 112 valence electrons. The molecule has 0 spiro atoms. The van der Waals surface area contributed by atoms with Crippen LogP contribution in [0.5, 0.6) is 0 Å². The third kappa shape index (κ3) is 3.96. The minimum Gasteiger partial charge on any atom is -0.591 e. The van der Waals surface area contributed by atoms with Crippen LogP contribution in [0.15, 0.2) is 22.6 Å². The molecule has 1 unspecified atom stereocenters. The SMILES string of the molecule is CC(F)(F)C(=N[S+]([O-])C(C)(C)C)c1cccc(F)c1F. The van der Waals surface area contributed by atoms with Gasteiger partial charge in [-0.2, -0.15) is 8.78 Å². The van der Waals surface area contributed by atoms with Crippen molar-refractivity contribution < 1.29 is 22.1 Å². The molecule has 0 aromatic heterocycles. The van der Waals surface area contributed by atoms with E-state index >= 15 is 0 Å². The van der Waals surface area contributed by atoms with Crippen LogP contribution < -0.4 is 0 Å². The van der Waals surface area contributed by atoms with Gasteiger partial charge in [0, 0.05) is 12.5 Å². The number of benzene rings is 1. The molecule has 7 heteroatoms. The molecular weight excluding hydrogens is 294 g/mol. The highest BCUT2D eigenvalue weighted by atomic mass is 32.2. The number of alkyl halides is 2. The lowest BCUT2D eigenvalue weighted by molar-refractivity contribution is 0.101. The number of hydrogen-bond donors (Lipinski definition) is 0. The molecule has 1 aromatic rings. The highest BCUT2D eigenvalue weighted by Crippen LogP contribution is 2.27. The van der Waals surface area contributed by atoms with Crippen molar-refractivity contribution in [1.82, 2.24) is 0 Å². The Hall–Kier alpha value is -1.08. The molecule has 0 amide bonds. The van der Waals surface area contributed by atoms with Gasteiger partial charge in [0.05, 0.1) is 0 Å². The normalized spacial score (nSPS) is 15.3. The Kier molecular flexibility index (Phi) is 4.86. The molecule has 0 radical (unpaired) electrons. The van der Waals surface area contributed by atoms with Crippen LogP contribution in [0.4, 0.5) is 17.6 Å². The molecule has 20 heavy (non-hydrogen) atoms. The molecule has 0 heterocycles. The summed E-state index contributed by atoms with van der Waals surface area (Å²) in [4.78, 5) is 0. The van der Waals surface area contributed by atoms with Gasteiger partial charge in [-0.05, 0) is 32.9 Å². The van der Waals surface area contributed by atoms with Gasteiger partial charge in [0.2, 0.25) is 0 Å². The molecule has 0 aliphatic heterocycles. The van der Waals surface area contributed by atoms with Gasteiger partial charge in [-0.1, -0.05) is 10.5 Å². The van der Waals surface area contributed by atoms with E-state index in [1.165, 1.54) is 0 Å². The summed E-state index contributed by atoms with van der Waals surface area (Å²) >= 11 is -2.01. The average Bonchev–Trinajstić information content (AvgIpc) is 2.27. The lowest BCUT2D eigenvalue weighted by Crippen LogP contribution is -2.32. The molecule has 2 nitrogen and oxygen atoms in total. The van der Waals surface area contributed by atoms with E-state index in [2.05, 4.69) is 4.40 Å². The monoisotopic (exact) mass is 309 g/mol. The molecule has 0 bridgehead atoms. The van der Waals surface area contributed by atoms with Crippen molar-refractivity contribution in [2.75, 3.05) is 0 Å². The minimum absolute atomic E-state index is 0.496. The molecule has 0 N–H and O–H groups in total. The first-order valence-corrected chi connectivity index (χ1v) is 6.88. The first-order valence-electron chi connectivity index (χ1n) is 5.78. The van der Waals surface area contributed by atoms with Gasteiger partial charge >= 0.3 is 0 Å². The van der Waals surface area contributed by atoms with Crippen LogP contribution in [0.2, 0.25) is 0 Å². The fraction of sp³-hybridized carbons (Fsp3) is 0.462. The first kappa shape index (κ1) is 17.0. The highest BCUT2D eigenvalue weighted by molar-refractivity contribution is 7.91. The largest absolute Gasteiger partial charge is 0.591 e. The predicted molar refractivity (Wildman–Crippen MR) is 71.4 cm³/mol. The maximum Gasteiger partial charge on any atom is 0.292 e. The second kappa shape index (κ2) is 5.73. The molecule has 0 fully saturated rings. The quantitative estimate of drug-likeness (QED) is 0.474. The minimum atomic E-state index is -3.55. The summed E-state index contributed by atoms with van der Waals surface area (Å²) < 4.78 is 68.3. The van der Waals surface area contributed by atoms with Crippen LogP contribution in [0.1, 0.15) is 33.3 Å². The Morgan fingerprint density at radius 1 is 1.15 bits per heavy atom. The molecule has 0 saturated carbocycles. The summed E-state index contributed by atoms with van der Waals surface area (Å²) in [6, 6.07) is 2.88. The van der Waals surface area contributed by atoms with Crippen LogP contribution in [-0.2, 0) is 11.4 Å². The van der Waals surface area contributed by atoms with Gasteiger partial charge in [-0.3, -0.25) is 0 Å². The summed E-state index contributed by atoms with van der Waals surface area (Å²) in [6.45, 7) is 5.12. The Morgan fingerprint density at radius 3 is 2.15 bits per heavy atom. The summed E-state index contributed by atoms with van der Waals surface area (Å²) in [7, 11) is 0. The standard InChI is InChI=1S/C13H15F4NOS/c1-12(2,3)20(19)18-11(13(4,16)17)8-6-5-7-9(14)10(8)15/h5-7H,1-4H3. The molecule has 1 atom stereocenters. The van der Waals surface area contributed by atoms with E-state index in [0.717, 1.165) is 18.2 Å². The van der Waals surface area contributed by atoms with Crippen molar-refractivity contribution in [3.63, 3.8) is 0 Å². The van der Waals surface area contributed by atoms with E-state index in [4.69, 9.17) is 0 Å². The Labute approximate surface area is 118 Å².